The number of fused-ring (bicyclic) bond motifs is 1. The third kappa shape index (κ3) is 5.72. The van der Waals surface area contributed by atoms with Crippen molar-refractivity contribution in [2.75, 3.05) is 18.8 Å². The Hall–Kier alpha value is -2.90. The number of hydrogen-bond acceptors (Lipinski definition) is 5. The summed E-state index contributed by atoms with van der Waals surface area (Å²) >= 11 is 0. The number of likely N-dealkylation sites (tertiary alicyclic amines) is 2. The van der Waals surface area contributed by atoms with Gasteiger partial charge in [0.15, 0.2) is 5.78 Å². The molecule has 180 valence electrons. The van der Waals surface area contributed by atoms with Gasteiger partial charge in [0.05, 0.1) is 12.6 Å². The Morgan fingerprint density at radius 1 is 1.06 bits per heavy atom. The van der Waals surface area contributed by atoms with Crippen LogP contribution in [0.15, 0.2) is 24.3 Å². The molecule has 3 unspecified atom stereocenters. The van der Waals surface area contributed by atoms with Gasteiger partial charge in [-0.05, 0) is 55.4 Å². The standard InChI is InChI=1S/C25H36N4O4/c1-15(2)5-10-22(31)29-14-21(30)23-20(29)11-12-28(23)25(33)19(13-16(3)4)27-24(32)17-6-8-18(26)9-7-17/h6-9,15-16,19-20,23H,5,10-14,26H2,1-4H3,(H,27,32). The Kier molecular flexibility index (Phi) is 7.76. The van der Waals surface area contributed by atoms with Crippen molar-refractivity contribution < 1.29 is 19.2 Å². The number of hydrogen-bond donors (Lipinski definition) is 2. The molecule has 1 aromatic carbocycles. The average molecular weight is 457 g/mol. The molecule has 2 fully saturated rings. The summed E-state index contributed by atoms with van der Waals surface area (Å²) in [5, 5.41) is 2.86. The van der Waals surface area contributed by atoms with Gasteiger partial charge in [0, 0.05) is 24.2 Å². The fraction of sp³-hybridized carbons (Fsp3) is 0.600. The zero-order valence-electron chi connectivity index (χ0n) is 20.0. The highest BCUT2D eigenvalue weighted by molar-refractivity contribution is 6.00. The van der Waals surface area contributed by atoms with Crippen molar-refractivity contribution in [3.05, 3.63) is 29.8 Å². The molecule has 0 saturated carbocycles. The molecular weight excluding hydrogens is 420 g/mol. The fourth-order valence-electron chi connectivity index (χ4n) is 4.71. The lowest BCUT2D eigenvalue weighted by molar-refractivity contribution is -0.138. The minimum Gasteiger partial charge on any atom is -0.399 e. The van der Waals surface area contributed by atoms with Crippen LogP contribution in [0, 0.1) is 11.8 Å². The quantitative estimate of drug-likeness (QED) is 0.583. The lowest BCUT2D eigenvalue weighted by Gasteiger charge is -2.29. The molecule has 33 heavy (non-hydrogen) atoms. The summed E-state index contributed by atoms with van der Waals surface area (Å²) < 4.78 is 0. The van der Waals surface area contributed by atoms with Crippen LogP contribution < -0.4 is 11.1 Å². The first-order valence-corrected chi connectivity index (χ1v) is 11.9. The molecule has 3 atom stereocenters. The van der Waals surface area contributed by atoms with E-state index in [-0.39, 0.29) is 42.0 Å². The first-order chi connectivity index (χ1) is 15.6. The van der Waals surface area contributed by atoms with Gasteiger partial charge < -0.3 is 20.9 Å². The number of amides is 3. The number of rotatable bonds is 8. The lowest BCUT2D eigenvalue weighted by atomic mass is 10.0. The monoisotopic (exact) mass is 456 g/mol. The predicted octanol–water partition coefficient (Wildman–Crippen LogP) is 2.23. The van der Waals surface area contributed by atoms with Crippen molar-refractivity contribution in [1.82, 2.24) is 15.1 Å². The Bertz CT molecular complexity index is 896. The molecule has 1 aromatic rings. The largest absolute Gasteiger partial charge is 0.399 e. The highest BCUT2D eigenvalue weighted by Gasteiger charge is 2.52. The number of benzene rings is 1. The number of Topliss-reactive ketones (excluding diaryl/α,β-unsaturated/α-hetero) is 1. The molecule has 0 spiro atoms. The summed E-state index contributed by atoms with van der Waals surface area (Å²) in [6, 6.07) is 4.88. The fourth-order valence-corrected chi connectivity index (χ4v) is 4.71. The molecule has 0 radical (unpaired) electrons. The molecule has 2 saturated heterocycles. The van der Waals surface area contributed by atoms with Gasteiger partial charge in [-0.25, -0.2) is 0 Å². The van der Waals surface area contributed by atoms with E-state index in [0.29, 0.717) is 43.0 Å². The van der Waals surface area contributed by atoms with E-state index in [1.807, 2.05) is 13.8 Å². The Morgan fingerprint density at radius 3 is 2.33 bits per heavy atom. The molecule has 3 N–H and O–H groups in total. The summed E-state index contributed by atoms with van der Waals surface area (Å²) in [6.45, 7) is 8.56. The van der Waals surface area contributed by atoms with Gasteiger partial charge in [-0.3, -0.25) is 19.2 Å². The predicted molar refractivity (Wildman–Crippen MR) is 126 cm³/mol. The highest BCUT2D eigenvalue weighted by Crippen LogP contribution is 2.31. The molecule has 2 aliphatic heterocycles. The molecule has 0 aromatic heterocycles. The molecule has 0 bridgehead atoms. The third-order valence-corrected chi connectivity index (χ3v) is 6.44. The van der Waals surface area contributed by atoms with E-state index in [2.05, 4.69) is 19.2 Å². The van der Waals surface area contributed by atoms with Crippen LogP contribution in [0.1, 0.15) is 63.7 Å². The second kappa shape index (κ2) is 10.4. The summed E-state index contributed by atoms with van der Waals surface area (Å²) in [5.41, 5.74) is 6.67. The number of carbonyl (C=O) groups is 4. The second-order valence-electron chi connectivity index (χ2n) is 10.0. The molecule has 2 aliphatic rings. The summed E-state index contributed by atoms with van der Waals surface area (Å²) in [4.78, 5) is 55.1. The van der Waals surface area contributed by atoms with Gasteiger partial charge in [-0.1, -0.05) is 27.7 Å². The minimum absolute atomic E-state index is 0.0192. The van der Waals surface area contributed by atoms with Crippen LogP contribution in [0.25, 0.3) is 0 Å². The second-order valence-corrected chi connectivity index (χ2v) is 10.0. The van der Waals surface area contributed by atoms with Crippen LogP contribution in [-0.4, -0.2) is 64.5 Å². The Labute approximate surface area is 195 Å². The highest BCUT2D eigenvalue weighted by atomic mass is 16.2. The van der Waals surface area contributed by atoms with Crippen molar-refractivity contribution in [3.8, 4) is 0 Å². The first-order valence-electron chi connectivity index (χ1n) is 11.9. The van der Waals surface area contributed by atoms with Crippen molar-refractivity contribution in [3.63, 3.8) is 0 Å². The van der Waals surface area contributed by atoms with Gasteiger partial charge in [-0.2, -0.15) is 0 Å². The SMILES string of the molecule is CC(C)CCC(=O)N1CC(=O)C2C1CCN2C(=O)C(CC(C)C)NC(=O)c1ccc(N)cc1. The topological polar surface area (TPSA) is 113 Å². The van der Waals surface area contributed by atoms with E-state index in [4.69, 9.17) is 5.73 Å². The zero-order chi connectivity index (χ0) is 24.3. The van der Waals surface area contributed by atoms with Crippen molar-refractivity contribution in [2.45, 2.75) is 71.5 Å². The van der Waals surface area contributed by atoms with Crippen LogP contribution in [0.4, 0.5) is 5.69 Å². The van der Waals surface area contributed by atoms with E-state index in [1.54, 1.807) is 34.1 Å². The number of nitrogens with two attached hydrogens (primary N) is 1. The van der Waals surface area contributed by atoms with E-state index in [0.717, 1.165) is 6.42 Å². The first kappa shape index (κ1) is 24.7. The van der Waals surface area contributed by atoms with Gasteiger partial charge in [0.25, 0.3) is 5.91 Å². The maximum absolute atomic E-state index is 13.5. The lowest BCUT2D eigenvalue weighted by Crippen LogP contribution is -2.53. The number of carbonyl (C=O) groups excluding carboxylic acids is 4. The van der Waals surface area contributed by atoms with Crippen LogP contribution in [0.3, 0.4) is 0 Å². The normalized spacial score (nSPS) is 21.0. The van der Waals surface area contributed by atoms with Gasteiger partial charge in [0.2, 0.25) is 11.8 Å². The van der Waals surface area contributed by atoms with Gasteiger partial charge >= 0.3 is 0 Å². The molecular formula is C25H36N4O4. The summed E-state index contributed by atoms with van der Waals surface area (Å²) in [7, 11) is 0. The van der Waals surface area contributed by atoms with Crippen LogP contribution in [0.5, 0.6) is 0 Å². The molecule has 8 nitrogen and oxygen atoms in total. The maximum atomic E-state index is 13.5. The van der Waals surface area contributed by atoms with Gasteiger partial charge in [-0.15, -0.1) is 0 Å². The molecule has 3 amide bonds. The minimum atomic E-state index is -0.743. The van der Waals surface area contributed by atoms with E-state index >= 15 is 0 Å². The van der Waals surface area contributed by atoms with Gasteiger partial charge in [0.1, 0.15) is 12.1 Å². The number of nitrogens with zero attached hydrogens (tertiary/aromatic N) is 2. The van der Waals surface area contributed by atoms with Crippen LogP contribution >= 0.6 is 0 Å². The summed E-state index contributed by atoms with van der Waals surface area (Å²) in [5.74, 6) is -0.160. The zero-order valence-corrected chi connectivity index (χ0v) is 20.0. The van der Waals surface area contributed by atoms with Crippen molar-refractivity contribution in [2.24, 2.45) is 11.8 Å². The van der Waals surface area contributed by atoms with Crippen molar-refractivity contribution >= 4 is 29.2 Å². The molecule has 2 heterocycles. The number of ketones is 1. The van der Waals surface area contributed by atoms with Crippen LogP contribution in [-0.2, 0) is 14.4 Å². The third-order valence-electron chi connectivity index (χ3n) is 6.44. The smallest absolute Gasteiger partial charge is 0.251 e. The number of nitrogen functional groups attached to an aromatic ring is 1. The average Bonchev–Trinajstić information content (AvgIpc) is 3.32. The van der Waals surface area contributed by atoms with E-state index < -0.39 is 12.1 Å². The number of anilines is 1. The Morgan fingerprint density at radius 2 is 1.73 bits per heavy atom. The molecule has 3 rings (SSSR count). The maximum Gasteiger partial charge on any atom is 0.251 e. The number of nitrogens with one attached hydrogen (secondary N) is 1. The van der Waals surface area contributed by atoms with E-state index in [1.165, 1.54) is 0 Å². The Balaban J connectivity index is 1.73. The summed E-state index contributed by atoms with van der Waals surface area (Å²) in [6.07, 6.45) is 2.22. The van der Waals surface area contributed by atoms with Crippen LogP contribution in [0.2, 0.25) is 0 Å². The van der Waals surface area contributed by atoms with E-state index in [9.17, 15) is 19.2 Å². The van der Waals surface area contributed by atoms with Crippen molar-refractivity contribution in [1.29, 1.82) is 0 Å². The molecule has 8 heteroatoms. The molecule has 0 aliphatic carbocycles.